The molecule has 0 aliphatic carbocycles. The highest BCUT2D eigenvalue weighted by Crippen LogP contribution is 2.25. The van der Waals surface area contributed by atoms with Crippen LogP contribution in [0.3, 0.4) is 0 Å². The molecule has 2 amide bonds. The van der Waals surface area contributed by atoms with Crippen LogP contribution in [0.1, 0.15) is 6.92 Å². The van der Waals surface area contributed by atoms with Crippen molar-refractivity contribution in [3.8, 4) is 0 Å². The number of rotatable bonds is 1. The molecule has 0 bridgehead atoms. The van der Waals surface area contributed by atoms with E-state index in [9.17, 15) is 4.79 Å². The third-order valence-electron chi connectivity index (χ3n) is 2.33. The maximum Gasteiger partial charge on any atom is 0.318 e. The molecule has 11 heavy (non-hydrogen) atoms. The molecule has 0 aromatic heterocycles. The average Bonchev–Trinajstić information content (AvgIpc) is 2.30. The maximum atomic E-state index is 11.2. The Morgan fingerprint density at radius 2 is 2.36 bits per heavy atom. The van der Waals surface area contributed by atoms with Crippen molar-refractivity contribution in [3.05, 3.63) is 0 Å². The van der Waals surface area contributed by atoms with Crippen LogP contribution in [-0.4, -0.2) is 42.8 Å². The van der Waals surface area contributed by atoms with Crippen LogP contribution in [0.15, 0.2) is 0 Å². The monoisotopic (exact) mass is 156 g/mol. The van der Waals surface area contributed by atoms with E-state index in [1.807, 2.05) is 4.90 Å². The average molecular weight is 156 g/mol. The van der Waals surface area contributed by atoms with Gasteiger partial charge in [-0.15, -0.1) is 0 Å². The standard InChI is InChI=1S/C7H12N2O2/c1-7(4-11-5-7)9-3-2-8-6(9)10/h2-5H2,1H3,(H,8,10). The highest BCUT2D eigenvalue weighted by Gasteiger charge is 2.43. The topological polar surface area (TPSA) is 41.6 Å². The van der Waals surface area contributed by atoms with Crippen molar-refractivity contribution in [2.75, 3.05) is 26.3 Å². The molecule has 1 N–H and O–H groups in total. The van der Waals surface area contributed by atoms with E-state index in [0.717, 1.165) is 13.1 Å². The number of carbonyl (C=O) groups is 1. The second kappa shape index (κ2) is 2.11. The van der Waals surface area contributed by atoms with Gasteiger partial charge in [0.2, 0.25) is 0 Å². The van der Waals surface area contributed by atoms with Gasteiger partial charge in [-0.3, -0.25) is 0 Å². The van der Waals surface area contributed by atoms with Gasteiger partial charge in [0.1, 0.15) is 0 Å². The zero-order valence-electron chi connectivity index (χ0n) is 6.59. The minimum atomic E-state index is -0.0272. The third-order valence-corrected chi connectivity index (χ3v) is 2.33. The summed E-state index contributed by atoms with van der Waals surface area (Å²) in [5.74, 6) is 0. The molecule has 2 aliphatic rings. The number of hydrogen-bond acceptors (Lipinski definition) is 2. The largest absolute Gasteiger partial charge is 0.376 e. The highest BCUT2D eigenvalue weighted by molar-refractivity contribution is 5.77. The van der Waals surface area contributed by atoms with E-state index >= 15 is 0 Å². The van der Waals surface area contributed by atoms with Gasteiger partial charge in [-0.05, 0) is 6.92 Å². The van der Waals surface area contributed by atoms with E-state index in [1.54, 1.807) is 0 Å². The van der Waals surface area contributed by atoms with E-state index in [1.165, 1.54) is 0 Å². The molecule has 2 fully saturated rings. The van der Waals surface area contributed by atoms with Crippen molar-refractivity contribution in [2.45, 2.75) is 12.5 Å². The number of urea groups is 1. The van der Waals surface area contributed by atoms with Crippen molar-refractivity contribution in [3.63, 3.8) is 0 Å². The quantitative estimate of drug-likeness (QED) is 0.571. The van der Waals surface area contributed by atoms with E-state index in [-0.39, 0.29) is 11.6 Å². The van der Waals surface area contributed by atoms with Crippen molar-refractivity contribution in [1.82, 2.24) is 10.2 Å². The molecular formula is C7H12N2O2. The van der Waals surface area contributed by atoms with Gasteiger partial charge in [-0.2, -0.15) is 0 Å². The van der Waals surface area contributed by atoms with Gasteiger partial charge < -0.3 is 15.0 Å². The van der Waals surface area contributed by atoms with Crippen LogP contribution in [-0.2, 0) is 4.74 Å². The minimum absolute atomic E-state index is 0.0272. The van der Waals surface area contributed by atoms with Gasteiger partial charge in [0.25, 0.3) is 0 Å². The summed E-state index contributed by atoms with van der Waals surface area (Å²) in [5.41, 5.74) is -0.0272. The summed E-state index contributed by atoms with van der Waals surface area (Å²) in [5, 5.41) is 2.78. The first kappa shape index (κ1) is 6.91. The third kappa shape index (κ3) is 0.894. The molecule has 2 aliphatic heterocycles. The van der Waals surface area contributed by atoms with Crippen LogP contribution in [0, 0.1) is 0 Å². The summed E-state index contributed by atoms with van der Waals surface area (Å²) in [4.78, 5) is 13.0. The molecule has 0 saturated carbocycles. The van der Waals surface area contributed by atoms with Gasteiger partial charge in [0.05, 0.1) is 18.8 Å². The van der Waals surface area contributed by atoms with E-state index < -0.39 is 0 Å². The van der Waals surface area contributed by atoms with Crippen LogP contribution in [0.4, 0.5) is 4.79 Å². The molecule has 4 heteroatoms. The number of nitrogens with one attached hydrogen (secondary N) is 1. The summed E-state index contributed by atoms with van der Waals surface area (Å²) < 4.78 is 5.08. The second-order valence-electron chi connectivity index (χ2n) is 3.37. The van der Waals surface area contributed by atoms with Gasteiger partial charge in [0, 0.05) is 13.1 Å². The SMILES string of the molecule is CC1(N2CCNC2=O)COC1. The van der Waals surface area contributed by atoms with E-state index in [0.29, 0.717) is 13.2 Å². The Hall–Kier alpha value is -0.770. The Bertz CT molecular complexity index is 189. The number of carbonyl (C=O) groups excluding carboxylic acids is 1. The summed E-state index contributed by atoms with van der Waals surface area (Å²) in [7, 11) is 0. The maximum absolute atomic E-state index is 11.2. The lowest BCUT2D eigenvalue weighted by atomic mass is 9.99. The summed E-state index contributed by atoms with van der Waals surface area (Å²) in [6.07, 6.45) is 0. The zero-order valence-corrected chi connectivity index (χ0v) is 6.59. The second-order valence-corrected chi connectivity index (χ2v) is 3.37. The molecule has 0 spiro atoms. The van der Waals surface area contributed by atoms with E-state index in [4.69, 9.17) is 4.74 Å². The molecule has 0 atom stereocenters. The number of amides is 2. The molecule has 0 aromatic carbocycles. The van der Waals surface area contributed by atoms with Gasteiger partial charge in [0.15, 0.2) is 0 Å². The normalized spacial score (nSPS) is 28.1. The molecule has 2 saturated heterocycles. The first-order valence-corrected chi connectivity index (χ1v) is 3.86. The summed E-state index contributed by atoms with van der Waals surface area (Å²) in [6, 6.07) is 0.0517. The predicted molar refractivity (Wildman–Crippen MR) is 39.3 cm³/mol. The Kier molecular flexibility index (Phi) is 1.32. The van der Waals surface area contributed by atoms with Gasteiger partial charge in [-0.1, -0.05) is 0 Å². The first-order chi connectivity index (χ1) is 5.22. The van der Waals surface area contributed by atoms with Crippen molar-refractivity contribution < 1.29 is 9.53 Å². The summed E-state index contributed by atoms with van der Waals surface area (Å²) >= 11 is 0. The van der Waals surface area contributed by atoms with Crippen molar-refractivity contribution in [1.29, 1.82) is 0 Å². The Labute approximate surface area is 65.5 Å². The fourth-order valence-corrected chi connectivity index (χ4v) is 1.54. The zero-order chi connectivity index (χ0) is 7.90. The van der Waals surface area contributed by atoms with Crippen molar-refractivity contribution in [2.24, 2.45) is 0 Å². The van der Waals surface area contributed by atoms with Crippen LogP contribution >= 0.6 is 0 Å². The van der Waals surface area contributed by atoms with Gasteiger partial charge >= 0.3 is 6.03 Å². The molecule has 0 aromatic rings. The Balaban J connectivity index is 2.08. The number of ether oxygens (including phenoxy) is 1. The molecule has 0 radical (unpaired) electrons. The lowest BCUT2D eigenvalue weighted by Crippen LogP contribution is -2.60. The molecule has 2 rings (SSSR count). The molecule has 0 unspecified atom stereocenters. The molecular weight excluding hydrogens is 144 g/mol. The lowest BCUT2D eigenvalue weighted by molar-refractivity contribution is -0.107. The Morgan fingerprint density at radius 1 is 1.64 bits per heavy atom. The van der Waals surface area contributed by atoms with Crippen LogP contribution in [0.5, 0.6) is 0 Å². The number of hydrogen-bond donors (Lipinski definition) is 1. The van der Waals surface area contributed by atoms with Crippen LogP contribution < -0.4 is 5.32 Å². The predicted octanol–water partition coefficient (Wildman–Crippen LogP) is -0.200. The van der Waals surface area contributed by atoms with E-state index in [2.05, 4.69) is 12.2 Å². The highest BCUT2D eigenvalue weighted by atomic mass is 16.5. The van der Waals surface area contributed by atoms with Crippen LogP contribution in [0.25, 0.3) is 0 Å². The fraction of sp³-hybridized carbons (Fsp3) is 0.857. The summed E-state index contributed by atoms with van der Waals surface area (Å²) in [6.45, 7) is 5.01. The lowest BCUT2D eigenvalue weighted by Gasteiger charge is -2.44. The minimum Gasteiger partial charge on any atom is -0.376 e. The van der Waals surface area contributed by atoms with Crippen molar-refractivity contribution >= 4 is 6.03 Å². The molecule has 2 heterocycles. The smallest absolute Gasteiger partial charge is 0.318 e. The number of nitrogens with zero attached hydrogens (tertiary/aromatic N) is 1. The van der Waals surface area contributed by atoms with Gasteiger partial charge in [-0.25, -0.2) is 4.79 Å². The molecule has 62 valence electrons. The first-order valence-electron chi connectivity index (χ1n) is 3.86. The Morgan fingerprint density at radius 3 is 2.73 bits per heavy atom. The fourth-order valence-electron chi connectivity index (χ4n) is 1.54. The van der Waals surface area contributed by atoms with Crippen LogP contribution in [0.2, 0.25) is 0 Å². The molecule has 4 nitrogen and oxygen atoms in total.